The number of carboxylic acids is 2. The molecule has 0 spiro atoms. The van der Waals surface area contributed by atoms with Gasteiger partial charge in [0, 0.05) is 12.2 Å². The number of carboxylic acid groups (broad SMARTS) is 2. The average molecular weight is 438 g/mol. The quantitative estimate of drug-likeness (QED) is 0.115. The third-order valence-corrected chi connectivity index (χ3v) is 0.368. The zero-order valence-electron chi connectivity index (χ0n) is 8.26. The molecule has 0 fully saturated rings. The number of aliphatic carboxylic acids is 2. The Hall–Kier alpha value is 2.68. The van der Waals surface area contributed by atoms with Gasteiger partial charge in [0.05, 0.1) is 0 Å². The standard InChI is InChI=1S/C4H4O4.3Ca.2H3O4P.6H/c5-3(6)1-2-4(7)8;;;;2*1-5(2,3)4;;;;;;/h1-2H,(H,5,6)(H,7,8);;;;2*(H3,1,2,3,4);;;;;;/b2-1+;;;;;;;;;;;. The van der Waals surface area contributed by atoms with Gasteiger partial charge in [0.1, 0.15) is 0 Å². The van der Waals surface area contributed by atoms with Crippen LogP contribution in [-0.2, 0) is 18.7 Å². The number of hydrogen-bond donors (Lipinski definition) is 8. The third kappa shape index (κ3) is 164. The Kier molecular flexibility index (Phi) is 38.5. The van der Waals surface area contributed by atoms with Crippen LogP contribution in [0.4, 0.5) is 0 Å². The van der Waals surface area contributed by atoms with Crippen molar-refractivity contribution >= 4 is 141 Å². The first-order valence-electron chi connectivity index (χ1n) is 3.33. The van der Waals surface area contributed by atoms with E-state index in [1.807, 2.05) is 0 Å². The zero-order chi connectivity index (χ0) is 15.6. The van der Waals surface area contributed by atoms with Crippen molar-refractivity contribution in [1.82, 2.24) is 0 Å². The molecule has 0 saturated heterocycles. The van der Waals surface area contributed by atoms with E-state index in [0.717, 1.165) is 0 Å². The van der Waals surface area contributed by atoms with Crippen molar-refractivity contribution in [2.75, 3.05) is 0 Å². The summed E-state index contributed by atoms with van der Waals surface area (Å²) < 4.78 is 17.8. The fourth-order valence-electron chi connectivity index (χ4n) is 0.143. The van der Waals surface area contributed by atoms with E-state index in [-0.39, 0.29) is 113 Å². The fourth-order valence-corrected chi connectivity index (χ4v) is 0.143. The molecule has 0 aromatic heterocycles. The van der Waals surface area contributed by atoms with E-state index in [9.17, 15) is 9.59 Å². The van der Waals surface area contributed by atoms with Crippen LogP contribution >= 0.6 is 15.6 Å². The Morgan fingerprint density at radius 1 is 0.619 bits per heavy atom. The van der Waals surface area contributed by atoms with Crippen molar-refractivity contribution in [3.8, 4) is 0 Å². The van der Waals surface area contributed by atoms with E-state index in [0.29, 0.717) is 12.2 Å². The van der Waals surface area contributed by atoms with Gasteiger partial charge in [0.25, 0.3) is 0 Å². The summed E-state index contributed by atoms with van der Waals surface area (Å²) in [6.45, 7) is 0. The predicted octanol–water partition coefficient (Wildman–Crippen LogP) is -4.89. The molecule has 0 unspecified atom stereocenters. The van der Waals surface area contributed by atoms with Crippen LogP contribution in [-0.4, -0.2) is 165 Å². The topological polar surface area (TPSA) is 230 Å². The molecule has 0 saturated carbocycles. The molecule has 17 heteroatoms. The van der Waals surface area contributed by atoms with E-state index in [1.54, 1.807) is 0 Å². The molecule has 0 heterocycles. The number of hydrogen-bond acceptors (Lipinski definition) is 4. The summed E-state index contributed by atoms with van der Waals surface area (Å²) in [4.78, 5) is 62.2. The van der Waals surface area contributed by atoms with Gasteiger partial charge >= 0.3 is 141 Å². The summed E-state index contributed by atoms with van der Waals surface area (Å²) in [6, 6.07) is 0. The molecule has 0 rings (SSSR count). The Balaban J connectivity index is -0.0000000389. The van der Waals surface area contributed by atoms with Crippen molar-refractivity contribution in [2.24, 2.45) is 0 Å². The molecular weight excluding hydrogens is 422 g/mol. The van der Waals surface area contributed by atoms with Gasteiger partial charge in [0.15, 0.2) is 0 Å². The maximum atomic E-state index is 9.55. The van der Waals surface area contributed by atoms with Crippen LogP contribution in [0.5, 0.6) is 0 Å². The fraction of sp³-hybridized carbons (Fsp3) is 0. The van der Waals surface area contributed by atoms with E-state index in [2.05, 4.69) is 0 Å². The summed E-state index contributed by atoms with van der Waals surface area (Å²) in [5, 5.41) is 15.6. The van der Waals surface area contributed by atoms with Gasteiger partial charge in [-0.2, -0.15) is 0 Å². The molecule has 0 aliphatic heterocycles. The van der Waals surface area contributed by atoms with Gasteiger partial charge in [-0.15, -0.1) is 0 Å². The van der Waals surface area contributed by atoms with Crippen LogP contribution in [0.15, 0.2) is 12.2 Å². The molecule has 0 radical (unpaired) electrons. The number of carbonyl (C=O) groups is 2. The van der Waals surface area contributed by atoms with Gasteiger partial charge in [-0.1, -0.05) is 0 Å². The van der Waals surface area contributed by atoms with Gasteiger partial charge in [-0.3, -0.25) is 0 Å². The van der Waals surface area contributed by atoms with Gasteiger partial charge < -0.3 is 39.6 Å². The zero-order valence-corrected chi connectivity index (χ0v) is 10.0. The van der Waals surface area contributed by atoms with Crippen molar-refractivity contribution in [3.05, 3.63) is 12.2 Å². The van der Waals surface area contributed by atoms with Crippen LogP contribution in [0.3, 0.4) is 0 Å². The van der Waals surface area contributed by atoms with Crippen LogP contribution in [0, 0.1) is 0 Å². The SMILES string of the molecule is O=C(O)/C=C/C(=O)O.O=P(O)(O)O.O=P(O)(O)O.[CaH2].[CaH2].[CaH2]. The molecule has 120 valence electrons. The van der Waals surface area contributed by atoms with Crippen molar-refractivity contribution in [1.29, 1.82) is 0 Å². The van der Waals surface area contributed by atoms with Crippen molar-refractivity contribution in [3.63, 3.8) is 0 Å². The van der Waals surface area contributed by atoms with E-state index < -0.39 is 27.6 Å². The maximum absolute atomic E-state index is 9.55. The minimum absolute atomic E-state index is 0. The first-order valence-corrected chi connectivity index (χ1v) is 6.46. The second kappa shape index (κ2) is 20.7. The summed E-state index contributed by atoms with van der Waals surface area (Å²) >= 11 is 0. The molecule has 0 aromatic carbocycles. The van der Waals surface area contributed by atoms with Crippen LogP contribution < -0.4 is 0 Å². The summed E-state index contributed by atoms with van der Waals surface area (Å²) in [7, 11) is -9.28. The first-order chi connectivity index (χ1) is 7.63. The Labute approximate surface area is 207 Å². The van der Waals surface area contributed by atoms with E-state index in [4.69, 9.17) is 48.7 Å². The second-order valence-electron chi connectivity index (χ2n) is 2.04. The molecule has 0 aliphatic rings. The first kappa shape index (κ1) is 39.0. The summed E-state index contributed by atoms with van der Waals surface area (Å²) in [5.41, 5.74) is 0. The Bertz CT molecular complexity index is 331. The van der Waals surface area contributed by atoms with E-state index >= 15 is 0 Å². The van der Waals surface area contributed by atoms with Gasteiger partial charge in [-0.05, 0) is 0 Å². The molecule has 0 bridgehead atoms. The molecule has 0 atom stereocenters. The van der Waals surface area contributed by atoms with Crippen LogP contribution in [0.25, 0.3) is 0 Å². The van der Waals surface area contributed by atoms with Crippen LogP contribution in [0.2, 0.25) is 0 Å². The minimum atomic E-state index is -4.64. The molecular formula is C4H16Ca3O12P2. The number of phosphoric acid groups is 2. The normalized spacial score (nSPS) is 9.24. The Morgan fingerprint density at radius 2 is 0.714 bits per heavy atom. The third-order valence-electron chi connectivity index (χ3n) is 0.368. The monoisotopic (exact) mass is 438 g/mol. The van der Waals surface area contributed by atoms with Crippen LogP contribution in [0.1, 0.15) is 0 Å². The van der Waals surface area contributed by atoms with Gasteiger partial charge in [-0.25, -0.2) is 18.7 Å². The van der Waals surface area contributed by atoms with Crippen molar-refractivity contribution in [2.45, 2.75) is 0 Å². The molecule has 21 heavy (non-hydrogen) atoms. The predicted molar refractivity (Wildman–Crippen MR) is 78.6 cm³/mol. The Morgan fingerprint density at radius 3 is 0.762 bits per heavy atom. The average Bonchev–Trinajstić information content (AvgIpc) is 1.93. The molecule has 8 N–H and O–H groups in total. The molecule has 0 aliphatic carbocycles. The summed E-state index contributed by atoms with van der Waals surface area (Å²) in [5.74, 6) is -2.51. The molecule has 0 aromatic rings. The van der Waals surface area contributed by atoms with Crippen molar-refractivity contribution < 1.29 is 58.3 Å². The second-order valence-corrected chi connectivity index (χ2v) is 4.09. The molecule has 0 amide bonds. The number of rotatable bonds is 2. The molecule has 12 nitrogen and oxygen atoms in total. The van der Waals surface area contributed by atoms with Gasteiger partial charge in [0.2, 0.25) is 0 Å². The van der Waals surface area contributed by atoms with E-state index in [1.165, 1.54) is 0 Å². The summed E-state index contributed by atoms with van der Waals surface area (Å²) in [6.07, 6.45) is 1.12.